The molecule has 0 saturated heterocycles. The standard InChI is InChI=1S/2C12H8N2.6C8H5NO2.2La.6H2O/c2*1-3-9-5-6-10-4-2-8-14-12(10)11(9)13-7-1;6*9-5-6-1-3-7(4-2-6)8(10)11;;;;;;;;/h2*1-8H;6*1-4H,(H,10,11);;;6*1H2/q;;;;;;;;2*+3;;;;;;/p-2. The summed E-state index contributed by atoms with van der Waals surface area (Å²) in [5.41, 5.74) is 7.07. The number of hydrogen-bond donors (Lipinski definition) is 0. The van der Waals surface area contributed by atoms with Crippen LogP contribution in [0.25, 0.3) is 43.6 Å². The SMILES string of the molecule is N#Cc1ccc(C(=O)[O-])cc1.N#Cc1ccc(C(=O)[O-])cc1.N#Cc1ccc(C(=O)[O-])cc1.N#Cc1ccc(C(=O)[O-])cc1.N#Cc1ccc(C(=O)[O-])cc1.N#Cc1ccc(C(=O)[O-])cc1.O.O.[La+3].[La+3].[OH3+].[OH3+].[OH3+].[OH3+].c1cnc2c(c1)ccc1cccnc12.c1cnc2c(c1)ccc1cccnc12. The Morgan fingerprint density at radius 1 is 0.235 bits per heavy atom. The van der Waals surface area contributed by atoms with E-state index in [0.717, 1.165) is 43.6 Å². The molecule has 0 radical (unpaired) electrons. The molecule has 0 spiro atoms. The third-order valence-corrected chi connectivity index (χ3v) is 12.2. The molecule has 12 aromatic rings. The Bertz CT molecular complexity index is 4200. The molecular formula is C72H56La2N10O18+4. The minimum atomic E-state index is -1.23. The Morgan fingerprint density at radius 3 is 0.471 bits per heavy atom. The summed E-state index contributed by atoms with van der Waals surface area (Å²) in [5, 5.41) is 116. The van der Waals surface area contributed by atoms with E-state index in [0.29, 0.717) is 33.4 Å². The van der Waals surface area contributed by atoms with Crippen molar-refractivity contribution < 1.29 is 163 Å². The molecule has 0 atom stereocenters. The van der Waals surface area contributed by atoms with Crippen LogP contribution in [-0.2, 0) is 21.9 Å². The number of carboxylic acid groups (broad SMARTS) is 6. The first-order chi connectivity index (χ1) is 45.3. The third-order valence-electron chi connectivity index (χ3n) is 12.2. The maximum Gasteiger partial charge on any atom is 3.00 e. The largest absolute Gasteiger partial charge is 3.00 e. The summed E-state index contributed by atoms with van der Waals surface area (Å²) in [6.07, 6.45) is 7.21. The number of nitrogens with zero attached hydrogens (tertiary/aromatic N) is 10. The molecule has 102 heavy (non-hydrogen) atoms. The quantitative estimate of drug-likeness (QED) is 0.153. The molecule has 28 nitrogen and oxygen atoms in total. The molecule has 16 N–H and O–H groups in total. The Hall–Kier alpha value is -12.7. The summed E-state index contributed by atoms with van der Waals surface area (Å²) >= 11 is 0. The van der Waals surface area contributed by atoms with Crippen molar-refractivity contribution in [3.05, 3.63) is 310 Å². The minimum absolute atomic E-state index is 0. The molecule has 504 valence electrons. The van der Waals surface area contributed by atoms with Crippen molar-refractivity contribution in [2.45, 2.75) is 0 Å². The van der Waals surface area contributed by atoms with Crippen LogP contribution in [-0.4, -0.2) is 66.7 Å². The topological polar surface area (TPSA) is 630 Å². The smallest absolute Gasteiger partial charge is 0.545 e. The van der Waals surface area contributed by atoms with E-state index in [1.807, 2.05) is 60.7 Å². The van der Waals surface area contributed by atoms with Gasteiger partial charge in [0.25, 0.3) is 0 Å². The van der Waals surface area contributed by atoms with Crippen LogP contribution in [0.5, 0.6) is 0 Å². The maximum absolute atomic E-state index is 10.2. The number of benzene rings is 8. The van der Waals surface area contributed by atoms with Crippen LogP contribution >= 0.6 is 0 Å². The van der Waals surface area contributed by atoms with Crippen molar-refractivity contribution in [3.63, 3.8) is 0 Å². The molecule has 0 amide bonds. The average molecular weight is 1630 g/mol. The van der Waals surface area contributed by atoms with Gasteiger partial charge < -0.3 is 92.3 Å². The van der Waals surface area contributed by atoms with Crippen molar-refractivity contribution in [1.29, 1.82) is 31.6 Å². The Kier molecular flexibility index (Phi) is 47.5. The van der Waals surface area contributed by atoms with Crippen LogP contribution in [0.3, 0.4) is 0 Å². The Balaban J connectivity index is -0.000000534. The van der Waals surface area contributed by atoms with Crippen LogP contribution in [0.15, 0.2) is 243 Å². The number of rotatable bonds is 6. The second-order valence-electron chi connectivity index (χ2n) is 18.3. The molecule has 4 aromatic heterocycles. The van der Waals surface area contributed by atoms with Gasteiger partial charge in [0.2, 0.25) is 0 Å². The predicted molar refractivity (Wildman–Crippen MR) is 354 cm³/mol. The molecule has 0 aliphatic carbocycles. The van der Waals surface area contributed by atoms with Crippen LogP contribution in [0.4, 0.5) is 0 Å². The van der Waals surface area contributed by atoms with Gasteiger partial charge in [0.05, 0.1) is 128 Å². The Morgan fingerprint density at radius 2 is 0.363 bits per heavy atom. The van der Waals surface area contributed by atoms with Gasteiger partial charge in [-0.3, -0.25) is 19.9 Å². The molecule has 0 fully saturated rings. The van der Waals surface area contributed by atoms with Gasteiger partial charge in [0.15, 0.2) is 0 Å². The van der Waals surface area contributed by atoms with Gasteiger partial charge in [-0.15, -0.1) is 0 Å². The molecular weight excluding hydrogens is 1570 g/mol. The fraction of sp³-hybridized carbons (Fsp3) is 0. The second-order valence-corrected chi connectivity index (χ2v) is 18.3. The van der Waals surface area contributed by atoms with Crippen LogP contribution in [0.2, 0.25) is 0 Å². The summed E-state index contributed by atoms with van der Waals surface area (Å²) in [6.45, 7) is 0. The Labute approximate surface area is 635 Å². The summed E-state index contributed by atoms with van der Waals surface area (Å²) in [5.74, 6) is -7.36. The van der Waals surface area contributed by atoms with Gasteiger partial charge in [0.1, 0.15) is 0 Å². The molecule has 4 heterocycles. The first-order valence-corrected chi connectivity index (χ1v) is 26.8. The van der Waals surface area contributed by atoms with Crippen molar-refractivity contribution >= 4 is 79.4 Å². The number of nitriles is 6. The van der Waals surface area contributed by atoms with E-state index in [2.05, 4.69) is 68.5 Å². The zero-order chi connectivity index (χ0) is 68.4. The number of aromatic nitrogens is 4. The monoisotopic (exact) mass is 1630 g/mol. The minimum Gasteiger partial charge on any atom is -0.545 e. The van der Waals surface area contributed by atoms with Crippen LogP contribution in [0.1, 0.15) is 95.5 Å². The number of carbonyl (C=O) groups is 6. The van der Waals surface area contributed by atoms with Crippen molar-refractivity contribution in [2.24, 2.45) is 0 Å². The van der Waals surface area contributed by atoms with E-state index < -0.39 is 35.8 Å². The number of fused-ring (bicyclic) bond motifs is 6. The van der Waals surface area contributed by atoms with E-state index in [4.69, 9.17) is 31.6 Å². The number of aromatic carboxylic acids is 6. The number of hydrogen-bond acceptors (Lipinski definition) is 22. The molecule has 30 heteroatoms. The molecule has 0 unspecified atom stereocenters. The number of pyridine rings is 4. The van der Waals surface area contributed by atoms with Gasteiger partial charge >= 0.3 is 71.2 Å². The van der Waals surface area contributed by atoms with E-state index in [9.17, 15) is 59.4 Å². The summed E-state index contributed by atoms with van der Waals surface area (Å²) < 4.78 is 0. The van der Waals surface area contributed by atoms with Crippen LogP contribution < -0.4 is 30.6 Å². The van der Waals surface area contributed by atoms with E-state index in [1.165, 1.54) is 146 Å². The second kappa shape index (κ2) is 50.6. The molecule has 0 saturated carbocycles. The molecule has 0 aliphatic heterocycles. The third kappa shape index (κ3) is 30.8. The van der Waals surface area contributed by atoms with Gasteiger partial charge in [-0.05, 0) is 130 Å². The molecule has 12 rings (SSSR count). The predicted octanol–water partition coefficient (Wildman–Crippen LogP) is -0.240. The fourth-order valence-corrected chi connectivity index (χ4v) is 7.44. The first-order valence-electron chi connectivity index (χ1n) is 26.8. The van der Waals surface area contributed by atoms with Gasteiger partial charge in [-0.25, -0.2) is 0 Å². The van der Waals surface area contributed by atoms with Gasteiger partial charge in [-0.1, -0.05) is 121 Å². The zero-order valence-electron chi connectivity index (χ0n) is 52.9. The summed E-state index contributed by atoms with van der Waals surface area (Å²) in [4.78, 5) is 78.6. The number of carboxylic acids is 6. The molecule has 0 aliphatic rings. The van der Waals surface area contributed by atoms with E-state index in [1.54, 1.807) is 24.8 Å². The zero-order valence-corrected chi connectivity index (χ0v) is 60.2. The van der Waals surface area contributed by atoms with Gasteiger partial charge in [0, 0.05) is 46.3 Å². The summed E-state index contributed by atoms with van der Waals surface area (Å²) in [7, 11) is 0. The van der Waals surface area contributed by atoms with E-state index in [-0.39, 0.29) is 137 Å². The van der Waals surface area contributed by atoms with Crippen molar-refractivity contribution in [2.75, 3.05) is 0 Å². The van der Waals surface area contributed by atoms with Crippen LogP contribution in [0, 0.1) is 139 Å². The van der Waals surface area contributed by atoms with Crippen molar-refractivity contribution in [3.8, 4) is 36.4 Å². The normalized spacial score (nSPS) is 8.57. The fourth-order valence-electron chi connectivity index (χ4n) is 7.44. The number of carbonyl (C=O) groups excluding carboxylic acids is 6. The maximum atomic E-state index is 10.2. The van der Waals surface area contributed by atoms with E-state index >= 15 is 0 Å². The van der Waals surface area contributed by atoms with Crippen molar-refractivity contribution in [1.82, 2.24) is 19.9 Å². The average Bonchev–Trinajstić information content (AvgIpc) is 0.804. The molecule has 0 bridgehead atoms. The first kappa shape index (κ1) is 95.7. The molecule has 8 aromatic carbocycles. The van der Waals surface area contributed by atoms with Gasteiger partial charge in [-0.2, -0.15) is 31.6 Å². The summed E-state index contributed by atoms with van der Waals surface area (Å²) in [6, 6.07) is 68.9.